The fraction of sp³-hybridized carbons (Fsp3) is 0.429. The van der Waals surface area contributed by atoms with Crippen LogP contribution in [0.3, 0.4) is 0 Å². The first-order chi connectivity index (χ1) is 17.0. The Hall–Kier alpha value is -3.48. The molecule has 1 aliphatic heterocycles. The van der Waals surface area contributed by atoms with Gasteiger partial charge in [-0.15, -0.1) is 0 Å². The number of nitrogens with zero attached hydrogens (tertiary/aromatic N) is 4. The van der Waals surface area contributed by atoms with Gasteiger partial charge in [-0.05, 0) is 44.4 Å². The lowest BCUT2D eigenvalue weighted by atomic mass is 9.78. The number of ether oxygens (including phenoxy) is 1. The molecule has 0 saturated heterocycles. The lowest BCUT2D eigenvalue weighted by molar-refractivity contribution is 0.0633. The van der Waals surface area contributed by atoms with Crippen molar-refractivity contribution in [2.45, 2.75) is 70.6 Å². The molecule has 0 radical (unpaired) electrons. The highest BCUT2D eigenvalue weighted by molar-refractivity contribution is 5.96. The number of carbonyl (C=O) groups is 1. The quantitative estimate of drug-likeness (QED) is 0.517. The maximum Gasteiger partial charge on any atom is 0.316 e. The predicted molar refractivity (Wildman–Crippen MR) is 134 cm³/mol. The third-order valence-corrected chi connectivity index (χ3v) is 7.36. The van der Waals surface area contributed by atoms with Gasteiger partial charge in [0.2, 0.25) is 5.75 Å². The van der Waals surface area contributed by atoms with Crippen molar-refractivity contribution in [3.63, 3.8) is 0 Å². The van der Waals surface area contributed by atoms with Crippen LogP contribution in [0.1, 0.15) is 67.1 Å². The van der Waals surface area contributed by atoms with Crippen molar-refractivity contribution in [3.8, 4) is 5.75 Å². The van der Waals surface area contributed by atoms with E-state index < -0.39 is 5.56 Å². The summed E-state index contributed by atoms with van der Waals surface area (Å²) in [6.45, 7) is 5.36. The number of rotatable bonds is 7. The van der Waals surface area contributed by atoms with Crippen LogP contribution in [-0.2, 0) is 25.0 Å². The molecule has 2 aliphatic rings. The summed E-state index contributed by atoms with van der Waals surface area (Å²) in [6, 6.07) is 15.7. The first-order valence-corrected chi connectivity index (χ1v) is 12.5. The first-order valence-electron chi connectivity index (χ1n) is 12.5. The maximum atomic E-state index is 13.6. The highest BCUT2D eigenvalue weighted by Crippen LogP contribution is 2.43. The fourth-order valence-electron chi connectivity index (χ4n) is 5.52. The number of pyridine rings is 1. The molecule has 0 unspecified atom stereocenters. The van der Waals surface area contributed by atoms with Gasteiger partial charge in [0.25, 0.3) is 5.91 Å². The number of hydrogen-bond donors (Lipinski definition) is 0. The molecule has 3 heterocycles. The molecule has 1 amide bonds. The molecule has 7 heteroatoms. The van der Waals surface area contributed by atoms with Crippen LogP contribution in [0.25, 0.3) is 0 Å². The fourth-order valence-corrected chi connectivity index (χ4v) is 5.52. The van der Waals surface area contributed by atoms with Crippen LogP contribution in [0.2, 0.25) is 0 Å². The lowest BCUT2D eigenvalue weighted by Crippen LogP contribution is -2.47. The van der Waals surface area contributed by atoms with E-state index in [4.69, 9.17) is 4.74 Å². The summed E-state index contributed by atoms with van der Waals surface area (Å²) in [4.78, 5) is 38.0. The standard InChI is InChI=1S/C28H32N4O3/c1-20(2)31-16-17-32-23(18-28(13-7-8-14-28)22-12-6-9-15-29-22)30-26(33)25(24(32)27(31)34)35-19-21-10-4-3-5-11-21/h3-6,9-12,15,20H,7-8,13-14,16-19H2,1-2H3. The van der Waals surface area contributed by atoms with Gasteiger partial charge in [0.15, 0.2) is 5.69 Å². The van der Waals surface area contributed by atoms with Gasteiger partial charge in [0, 0.05) is 42.9 Å². The molecule has 182 valence electrons. The van der Waals surface area contributed by atoms with Gasteiger partial charge >= 0.3 is 5.56 Å². The average molecular weight is 473 g/mol. The Balaban J connectivity index is 1.58. The summed E-state index contributed by atoms with van der Waals surface area (Å²) < 4.78 is 7.94. The van der Waals surface area contributed by atoms with Crippen LogP contribution in [0.15, 0.2) is 59.5 Å². The van der Waals surface area contributed by atoms with Crippen LogP contribution in [-0.4, -0.2) is 37.9 Å². The molecular weight excluding hydrogens is 440 g/mol. The second-order valence-electron chi connectivity index (χ2n) is 9.91. The Bertz CT molecular complexity index is 1250. The molecule has 0 spiro atoms. The van der Waals surface area contributed by atoms with Gasteiger partial charge in [-0.1, -0.05) is 49.2 Å². The molecule has 0 atom stereocenters. The summed E-state index contributed by atoms with van der Waals surface area (Å²) in [7, 11) is 0. The van der Waals surface area contributed by atoms with Crippen molar-refractivity contribution >= 4 is 5.91 Å². The Labute approximate surface area is 205 Å². The molecule has 3 aromatic rings. The van der Waals surface area contributed by atoms with Gasteiger partial charge in [-0.25, -0.2) is 0 Å². The smallest absolute Gasteiger partial charge is 0.316 e. The summed E-state index contributed by atoms with van der Waals surface area (Å²) >= 11 is 0. The van der Waals surface area contributed by atoms with Crippen molar-refractivity contribution < 1.29 is 9.53 Å². The molecular formula is C28H32N4O3. The molecule has 5 rings (SSSR count). The number of aromatic nitrogens is 3. The zero-order valence-corrected chi connectivity index (χ0v) is 20.4. The van der Waals surface area contributed by atoms with Crippen LogP contribution < -0.4 is 10.3 Å². The number of amides is 1. The van der Waals surface area contributed by atoms with E-state index in [-0.39, 0.29) is 29.7 Å². The number of benzene rings is 1. The second-order valence-corrected chi connectivity index (χ2v) is 9.91. The molecule has 35 heavy (non-hydrogen) atoms. The van der Waals surface area contributed by atoms with E-state index in [1.54, 1.807) is 4.90 Å². The molecule has 7 nitrogen and oxygen atoms in total. The first kappa shape index (κ1) is 23.3. The minimum absolute atomic E-state index is 0.0274. The van der Waals surface area contributed by atoms with E-state index in [1.165, 1.54) is 0 Å². The minimum Gasteiger partial charge on any atom is -0.481 e. The summed E-state index contributed by atoms with van der Waals surface area (Å²) in [5.74, 6) is 0.529. The molecule has 1 saturated carbocycles. The maximum absolute atomic E-state index is 13.6. The topological polar surface area (TPSA) is 77.3 Å². The zero-order valence-electron chi connectivity index (χ0n) is 20.4. The van der Waals surface area contributed by atoms with E-state index >= 15 is 0 Å². The SMILES string of the molecule is CC(C)N1CCn2c(CC3(c4ccccn4)CCCC3)nc(=O)c(OCc3ccccc3)c2C1=O. The third-order valence-electron chi connectivity index (χ3n) is 7.36. The van der Waals surface area contributed by atoms with E-state index in [1.807, 2.05) is 67.1 Å². The molecule has 1 aromatic carbocycles. The number of carbonyl (C=O) groups excluding carboxylic acids is 1. The minimum atomic E-state index is -0.477. The largest absolute Gasteiger partial charge is 0.481 e. The summed E-state index contributed by atoms with van der Waals surface area (Å²) in [5, 5.41) is 0. The van der Waals surface area contributed by atoms with Crippen molar-refractivity contribution in [2.24, 2.45) is 0 Å². The van der Waals surface area contributed by atoms with Gasteiger partial charge in [0.05, 0.1) is 0 Å². The van der Waals surface area contributed by atoms with Gasteiger partial charge in [-0.2, -0.15) is 4.98 Å². The Morgan fingerprint density at radius 1 is 1.00 bits per heavy atom. The van der Waals surface area contributed by atoms with Crippen molar-refractivity contribution in [2.75, 3.05) is 6.54 Å². The Morgan fingerprint density at radius 2 is 1.74 bits per heavy atom. The van der Waals surface area contributed by atoms with Crippen LogP contribution >= 0.6 is 0 Å². The van der Waals surface area contributed by atoms with E-state index in [0.29, 0.717) is 31.0 Å². The van der Waals surface area contributed by atoms with Gasteiger partial charge in [0.1, 0.15) is 12.4 Å². The van der Waals surface area contributed by atoms with E-state index in [9.17, 15) is 9.59 Å². The van der Waals surface area contributed by atoms with Gasteiger partial charge < -0.3 is 14.2 Å². The lowest BCUT2D eigenvalue weighted by Gasteiger charge is -2.36. The molecule has 0 bridgehead atoms. The predicted octanol–water partition coefficient (Wildman–Crippen LogP) is 4.14. The Kier molecular flexibility index (Phi) is 6.41. The van der Waals surface area contributed by atoms with Crippen LogP contribution in [0, 0.1) is 0 Å². The summed E-state index contributed by atoms with van der Waals surface area (Å²) in [5.41, 5.74) is 1.64. The van der Waals surface area contributed by atoms with E-state index in [2.05, 4.69) is 16.0 Å². The molecule has 1 fully saturated rings. The highest BCUT2D eigenvalue weighted by atomic mass is 16.5. The molecule has 0 N–H and O–H groups in total. The van der Waals surface area contributed by atoms with Crippen molar-refractivity contribution in [1.29, 1.82) is 0 Å². The average Bonchev–Trinajstić information content (AvgIpc) is 3.35. The molecule has 2 aromatic heterocycles. The molecule has 1 aliphatic carbocycles. The van der Waals surface area contributed by atoms with E-state index in [0.717, 1.165) is 36.9 Å². The van der Waals surface area contributed by atoms with Crippen molar-refractivity contribution in [3.05, 3.63) is 87.9 Å². The van der Waals surface area contributed by atoms with Crippen LogP contribution in [0.5, 0.6) is 5.75 Å². The third kappa shape index (κ3) is 4.47. The Morgan fingerprint density at radius 3 is 2.43 bits per heavy atom. The number of fused-ring (bicyclic) bond motifs is 1. The monoisotopic (exact) mass is 472 g/mol. The summed E-state index contributed by atoms with van der Waals surface area (Å²) in [6.07, 6.45) is 6.63. The van der Waals surface area contributed by atoms with Crippen LogP contribution in [0.4, 0.5) is 0 Å². The van der Waals surface area contributed by atoms with Gasteiger partial charge in [-0.3, -0.25) is 14.6 Å². The zero-order chi connectivity index (χ0) is 24.4. The number of hydrogen-bond acceptors (Lipinski definition) is 5. The highest BCUT2D eigenvalue weighted by Gasteiger charge is 2.40. The normalized spacial score (nSPS) is 17.0. The van der Waals surface area contributed by atoms with Crippen molar-refractivity contribution in [1.82, 2.24) is 19.4 Å². The second kappa shape index (κ2) is 9.64.